The summed E-state index contributed by atoms with van der Waals surface area (Å²) in [6.45, 7) is 3.64. The Labute approximate surface area is 136 Å². The fourth-order valence-corrected chi connectivity index (χ4v) is 3.89. The molecule has 0 spiro atoms. The minimum Gasteiger partial charge on any atom is -0.493 e. The molecule has 1 N–H and O–H groups in total. The van der Waals surface area contributed by atoms with Crippen LogP contribution >= 0.6 is 11.8 Å². The van der Waals surface area contributed by atoms with Gasteiger partial charge in [0.15, 0.2) is 11.5 Å². The summed E-state index contributed by atoms with van der Waals surface area (Å²) < 4.78 is 10.7. The molecule has 1 aliphatic rings. The number of thioether (sulfide) groups is 1. The molecule has 1 heterocycles. The summed E-state index contributed by atoms with van der Waals surface area (Å²) in [5.41, 5.74) is 1.07. The van der Waals surface area contributed by atoms with Crippen molar-refractivity contribution in [2.24, 2.45) is 0 Å². The van der Waals surface area contributed by atoms with Gasteiger partial charge in [-0.1, -0.05) is 6.07 Å². The lowest BCUT2D eigenvalue weighted by atomic mass is 10.1. The van der Waals surface area contributed by atoms with E-state index in [0.717, 1.165) is 25.1 Å². The van der Waals surface area contributed by atoms with Gasteiger partial charge in [-0.15, -0.1) is 11.8 Å². The minimum absolute atomic E-state index is 0.00678. The normalized spacial score (nSPS) is 21.3. The highest BCUT2D eigenvalue weighted by Crippen LogP contribution is 2.44. The monoisotopic (exact) mass is 324 g/mol. The van der Waals surface area contributed by atoms with Gasteiger partial charge < -0.3 is 19.7 Å². The zero-order valence-electron chi connectivity index (χ0n) is 13.6. The Morgan fingerprint density at radius 2 is 2.00 bits per heavy atom. The first kappa shape index (κ1) is 17.0. The molecule has 2 atom stereocenters. The second-order valence-electron chi connectivity index (χ2n) is 5.23. The van der Waals surface area contributed by atoms with Crippen molar-refractivity contribution in [2.75, 3.05) is 34.4 Å². The molecule has 1 aliphatic heterocycles. The lowest BCUT2D eigenvalue weighted by Crippen LogP contribution is -2.32. The van der Waals surface area contributed by atoms with Crippen molar-refractivity contribution in [3.8, 4) is 11.5 Å². The van der Waals surface area contributed by atoms with Gasteiger partial charge in [-0.05, 0) is 44.6 Å². The topological polar surface area (TPSA) is 50.8 Å². The Bertz CT molecular complexity index is 524. The SMILES string of the molecule is CNCCCN1C(=O)[C@H](C)S[C@H]1c1ccc(OC)c(OC)c1. The molecule has 5 nitrogen and oxygen atoms in total. The minimum atomic E-state index is -0.00678. The van der Waals surface area contributed by atoms with E-state index >= 15 is 0 Å². The van der Waals surface area contributed by atoms with E-state index in [-0.39, 0.29) is 16.5 Å². The van der Waals surface area contributed by atoms with Gasteiger partial charge in [-0.2, -0.15) is 0 Å². The molecule has 0 radical (unpaired) electrons. The van der Waals surface area contributed by atoms with Crippen LogP contribution in [-0.4, -0.2) is 50.4 Å². The molecule has 0 bridgehead atoms. The lowest BCUT2D eigenvalue weighted by Gasteiger charge is -2.24. The van der Waals surface area contributed by atoms with Crippen LogP contribution in [0.1, 0.15) is 24.3 Å². The Morgan fingerprint density at radius 1 is 1.27 bits per heavy atom. The van der Waals surface area contributed by atoms with Crippen molar-refractivity contribution in [3.63, 3.8) is 0 Å². The highest BCUT2D eigenvalue weighted by molar-refractivity contribution is 8.01. The number of rotatable bonds is 7. The molecule has 0 aliphatic carbocycles. The molecule has 1 aromatic carbocycles. The van der Waals surface area contributed by atoms with Crippen molar-refractivity contribution < 1.29 is 14.3 Å². The Kier molecular flexibility index (Phi) is 5.97. The second kappa shape index (κ2) is 7.74. The van der Waals surface area contributed by atoms with Gasteiger partial charge in [-0.3, -0.25) is 4.79 Å². The van der Waals surface area contributed by atoms with Gasteiger partial charge in [-0.25, -0.2) is 0 Å². The van der Waals surface area contributed by atoms with E-state index in [1.54, 1.807) is 26.0 Å². The molecule has 1 saturated heterocycles. The first-order valence-corrected chi connectivity index (χ1v) is 8.39. The lowest BCUT2D eigenvalue weighted by molar-refractivity contribution is -0.129. The van der Waals surface area contributed by atoms with Gasteiger partial charge in [0.25, 0.3) is 0 Å². The highest BCUT2D eigenvalue weighted by Gasteiger charge is 2.38. The summed E-state index contributed by atoms with van der Waals surface area (Å²) in [4.78, 5) is 14.4. The van der Waals surface area contributed by atoms with Crippen molar-refractivity contribution in [1.29, 1.82) is 0 Å². The van der Waals surface area contributed by atoms with E-state index in [2.05, 4.69) is 5.32 Å². The van der Waals surface area contributed by atoms with E-state index in [0.29, 0.717) is 11.5 Å². The standard InChI is InChI=1S/C16H24N2O3S/c1-11-15(19)18(9-5-8-17-2)16(22-11)12-6-7-13(20-3)14(10-12)21-4/h6-7,10-11,16-17H,5,8-9H2,1-4H3/t11-,16-/m0/s1. The number of carbonyl (C=O) groups excluding carboxylic acids is 1. The van der Waals surface area contributed by atoms with Gasteiger partial charge in [0, 0.05) is 6.54 Å². The van der Waals surface area contributed by atoms with Gasteiger partial charge >= 0.3 is 0 Å². The largest absolute Gasteiger partial charge is 0.493 e. The molecule has 0 aromatic heterocycles. The molecule has 2 rings (SSSR count). The molecular weight excluding hydrogens is 300 g/mol. The average molecular weight is 324 g/mol. The highest BCUT2D eigenvalue weighted by atomic mass is 32.2. The summed E-state index contributed by atoms with van der Waals surface area (Å²) in [5, 5.41) is 3.16. The smallest absolute Gasteiger partial charge is 0.236 e. The Morgan fingerprint density at radius 3 is 2.64 bits per heavy atom. The van der Waals surface area contributed by atoms with E-state index in [1.807, 2.05) is 37.1 Å². The Balaban J connectivity index is 2.22. The molecule has 0 saturated carbocycles. The zero-order chi connectivity index (χ0) is 16.1. The summed E-state index contributed by atoms with van der Waals surface area (Å²) in [5.74, 6) is 1.61. The number of ether oxygens (including phenoxy) is 2. The number of amides is 1. The third-order valence-corrected chi connectivity index (χ3v) is 5.16. The number of hydrogen-bond donors (Lipinski definition) is 1. The first-order valence-electron chi connectivity index (χ1n) is 7.44. The van der Waals surface area contributed by atoms with Gasteiger partial charge in [0.05, 0.1) is 19.5 Å². The average Bonchev–Trinajstić information content (AvgIpc) is 2.82. The molecule has 0 unspecified atom stereocenters. The quantitative estimate of drug-likeness (QED) is 0.780. The predicted molar refractivity (Wildman–Crippen MR) is 89.6 cm³/mol. The van der Waals surface area contributed by atoms with Crippen LogP contribution in [0.25, 0.3) is 0 Å². The predicted octanol–water partition coefficient (Wildman–Crippen LogP) is 2.28. The van der Waals surface area contributed by atoms with Crippen LogP contribution in [0, 0.1) is 0 Å². The van der Waals surface area contributed by atoms with Gasteiger partial charge in [0.2, 0.25) is 5.91 Å². The summed E-state index contributed by atoms with van der Waals surface area (Å²) in [6.07, 6.45) is 0.944. The maximum absolute atomic E-state index is 12.4. The molecular formula is C16H24N2O3S. The van der Waals surface area contributed by atoms with Crippen LogP contribution in [0.2, 0.25) is 0 Å². The van der Waals surface area contributed by atoms with Gasteiger partial charge in [0.1, 0.15) is 5.37 Å². The second-order valence-corrected chi connectivity index (χ2v) is 6.66. The number of nitrogens with one attached hydrogen (secondary N) is 1. The summed E-state index contributed by atoms with van der Waals surface area (Å²) in [6, 6.07) is 5.87. The van der Waals surface area contributed by atoms with Crippen LogP contribution in [-0.2, 0) is 4.79 Å². The zero-order valence-corrected chi connectivity index (χ0v) is 14.4. The van der Waals surface area contributed by atoms with Crippen molar-refractivity contribution >= 4 is 17.7 Å². The molecule has 1 aromatic rings. The number of hydrogen-bond acceptors (Lipinski definition) is 5. The molecule has 1 amide bonds. The number of carbonyl (C=O) groups is 1. The molecule has 1 fully saturated rings. The number of benzene rings is 1. The molecule has 6 heteroatoms. The van der Waals surface area contributed by atoms with Crippen LogP contribution < -0.4 is 14.8 Å². The first-order chi connectivity index (χ1) is 10.6. The van der Waals surface area contributed by atoms with Crippen LogP contribution in [0.15, 0.2) is 18.2 Å². The van der Waals surface area contributed by atoms with Crippen molar-refractivity contribution in [2.45, 2.75) is 24.0 Å². The van der Waals surface area contributed by atoms with Crippen LogP contribution in [0.3, 0.4) is 0 Å². The maximum Gasteiger partial charge on any atom is 0.236 e. The van der Waals surface area contributed by atoms with Crippen molar-refractivity contribution in [3.05, 3.63) is 23.8 Å². The third-order valence-electron chi connectivity index (χ3n) is 3.77. The van der Waals surface area contributed by atoms with Crippen LogP contribution in [0.4, 0.5) is 0 Å². The third kappa shape index (κ3) is 3.50. The van der Waals surface area contributed by atoms with E-state index < -0.39 is 0 Å². The fraction of sp³-hybridized carbons (Fsp3) is 0.562. The maximum atomic E-state index is 12.4. The van der Waals surface area contributed by atoms with Crippen molar-refractivity contribution in [1.82, 2.24) is 10.2 Å². The number of nitrogens with zero attached hydrogens (tertiary/aromatic N) is 1. The van der Waals surface area contributed by atoms with E-state index in [9.17, 15) is 4.79 Å². The molecule has 22 heavy (non-hydrogen) atoms. The number of methoxy groups -OCH3 is 2. The molecule has 122 valence electrons. The summed E-state index contributed by atoms with van der Waals surface area (Å²) in [7, 11) is 5.17. The summed E-state index contributed by atoms with van der Waals surface area (Å²) >= 11 is 1.69. The fourth-order valence-electron chi connectivity index (χ4n) is 2.59. The Hall–Kier alpha value is -1.40. The van der Waals surface area contributed by atoms with E-state index in [4.69, 9.17) is 9.47 Å². The van der Waals surface area contributed by atoms with Crippen LogP contribution in [0.5, 0.6) is 11.5 Å². The van der Waals surface area contributed by atoms with E-state index in [1.165, 1.54) is 0 Å².